The van der Waals surface area contributed by atoms with Crippen molar-refractivity contribution in [2.24, 2.45) is 17.6 Å². The van der Waals surface area contributed by atoms with E-state index in [-0.39, 0.29) is 30.3 Å². The Morgan fingerprint density at radius 1 is 1.00 bits per heavy atom. The summed E-state index contributed by atoms with van der Waals surface area (Å²) in [5, 5.41) is 0. The van der Waals surface area contributed by atoms with Gasteiger partial charge in [0, 0.05) is 44.6 Å². The zero-order chi connectivity index (χ0) is 18.5. The van der Waals surface area contributed by atoms with Crippen molar-refractivity contribution in [3.63, 3.8) is 0 Å². The van der Waals surface area contributed by atoms with E-state index in [0.717, 1.165) is 50.3 Å². The molecule has 2 fully saturated rings. The van der Waals surface area contributed by atoms with Crippen LogP contribution in [0.25, 0.3) is 0 Å². The van der Waals surface area contributed by atoms with Crippen LogP contribution in [0.2, 0.25) is 0 Å². The van der Waals surface area contributed by atoms with Crippen LogP contribution in [-0.4, -0.2) is 47.8 Å². The van der Waals surface area contributed by atoms with E-state index in [1.807, 2.05) is 40.1 Å². The summed E-state index contributed by atoms with van der Waals surface area (Å²) < 4.78 is 0. The second-order valence-electron chi connectivity index (χ2n) is 7.88. The number of nitrogens with two attached hydrogens (primary N) is 1. The van der Waals surface area contributed by atoms with Crippen LogP contribution in [0.4, 0.5) is 0 Å². The van der Waals surface area contributed by atoms with E-state index < -0.39 is 0 Å². The minimum Gasteiger partial charge on any atom is -0.343 e. The number of piperidine rings is 2. The summed E-state index contributed by atoms with van der Waals surface area (Å²) in [4.78, 5) is 29.2. The van der Waals surface area contributed by atoms with E-state index in [9.17, 15) is 9.59 Å². The van der Waals surface area contributed by atoms with Crippen LogP contribution in [0, 0.1) is 11.8 Å². The molecule has 2 saturated heterocycles. The zero-order valence-electron chi connectivity index (χ0n) is 16.2. The number of hydrogen-bond acceptors (Lipinski definition) is 3. The molecule has 2 aliphatic heterocycles. The molecular formula is C21H32ClN3O2. The average Bonchev–Trinajstić information content (AvgIpc) is 2.69. The quantitative estimate of drug-likeness (QED) is 0.855. The minimum atomic E-state index is -0.265. The first-order valence-electron chi connectivity index (χ1n) is 9.91. The lowest BCUT2D eigenvalue weighted by atomic mass is 9.92. The number of hydrogen-bond donors (Lipinski definition) is 1. The van der Waals surface area contributed by atoms with Gasteiger partial charge in [0.2, 0.25) is 11.8 Å². The minimum absolute atomic E-state index is 0. The molecule has 0 aliphatic carbocycles. The summed E-state index contributed by atoms with van der Waals surface area (Å²) in [5.74, 6) is 1.20. The topological polar surface area (TPSA) is 66.6 Å². The molecule has 1 aromatic rings. The summed E-state index contributed by atoms with van der Waals surface area (Å²) in [6, 6.07) is 9.49. The van der Waals surface area contributed by atoms with Crippen LogP contribution >= 0.6 is 12.4 Å². The first-order valence-corrected chi connectivity index (χ1v) is 9.91. The molecule has 0 radical (unpaired) electrons. The third kappa shape index (κ3) is 5.69. The molecule has 150 valence electrons. The first-order chi connectivity index (χ1) is 12.5. The lowest BCUT2D eigenvalue weighted by Crippen LogP contribution is -2.46. The highest BCUT2D eigenvalue weighted by molar-refractivity contribution is 5.85. The molecular weight excluding hydrogens is 362 g/mol. The lowest BCUT2D eigenvalue weighted by Gasteiger charge is -2.37. The van der Waals surface area contributed by atoms with Crippen LogP contribution in [0.5, 0.6) is 0 Å². The summed E-state index contributed by atoms with van der Waals surface area (Å²) in [7, 11) is 0. The number of amides is 2. The normalized spacial score (nSPS) is 20.1. The van der Waals surface area contributed by atoms with Crippen molar-refractivity contribution in [1.29, 1.82) is 0 Å². The second kappa shape index (κ2) is 10.1. The fraction of sp³-hybridized carbons (Fsp3) is 0.619. The third-order valence-corrected chi connectivity index (χ3v) is 5.91. The molecule has 0 saturated carbocycles. The maximum absolute atomic E-state index is 12.7. The van der Waals surface area contributed by atoms with E-state index >= 15 is 0 Å². The van der Waals surface area contributed by atoms with Crippen LogP contribution in [0.1, 0.15) is 50.6 Å². The molecule has 1 aromatic carbocycles. The van der Waals surface area contributed by atoms with Crippen LogP contribution in [0.3, 0.4) is 0 Å². The van der Waals surface area contributed by atoms with Gasteiger partial charge in [0.05, 0.1) is 0 Å². The number of benzene rings is 1. The van der Waals surface area contributed by atoms with Gasteiger partial charge in [0.25, 0.3) is 0 Å². The van der Waals surface area contributed by atoms with Gasteiger partial charge in [-0.15, -0.1) is 12.4 Å². The fourth-order valence-corrected chi connectivity index (χ4v) is 4.00. The number of carbonyl (C=O) groups excluding carboxylic acids is 2. The van der Waals surface area contributed by atoms with Gasteiger partial charge >= 0.3 is 0 Å². The molecule has 3 rings (SSSR count). The smallest absolute Gasteiger partial charge is 0.225 e. The number of rotatable bonds is 4. The monoisotopic (exact) mass is 393 g/mol. The standard InChI is InChI=1S/C21H31N3O2.ClH/c1-16-7-11-24(12-8-16)21(26)18-9-13-23(14-10-18)20(25)15-19(22)17-5-3-2-4-6-17;/h2-6,16,18-19H,7-15,22H2,1H3;1H. The van der Waals surface area contributed by atoms with Crippen LogP contribution < -0.4 is 5.73 Å². The summed E-state index contributed by atoms with van der Waals surface area (Å²) in [6.07, 6.45) is 4.10. The van der Waals surface area contributed by atoms with Crippen molar-refractivity contribution in [3.05, 3.63) is 35.9 Å². The van der Waals surface area contributed by atoms with Gasteiger partial charge in [0.1, 0.15) is 0 Å². The number of carbonyl (C=O) groups is 2. The largest absolute Gasteiger partial charge is 0.343 e. The molecule has 27 heavy (non-hydrogen) atoms. The van der Waals surface area contributed by atoms with Gasteiger partial charge in [0.15, 0.2) is 0 Å². The van der Waals surface area contributed by atoms with Crippen molar-refractivity contribution in [2.75, 3.05) is 26.2 Å². The van der Waals surface area contributed by atoms with E-state index in [0.29, 0.717) is 25.4 Å². The Morgan fingerprint density at radius 2 is 1.56 bits per heavy atom. The van der Waals surface area contributed by atoms with E-state index in [1.165, 1.54) is 0 Å². The molecule has 5 nitrogen and oxygen atoms in total. The summed E-state index contributed by atoms with van der Waals surface area (Å²) in [6.45, 7) is 5.38. The summed E-state index contributed by atoms with van der Waals surface area (Å²) >= 11 is 0. The van der Waals surface area contributed by atoms with Crippen LogP contribution in [0.15, 0.2) is 30.3 Å². The van der Waals surface area contributed by atoms with Crippen molar-refractivity contribution < 1.29 is 9.59 Å². The first kappa shape index (κ1) is 21.7. The molecule has 0 spiro atoms. The van der Waals surface area contributed by atoms with Gasteiger partial charge < -0.3 is 15.5 Å². The number of likely N-dealkylation sites (tertiary alicyclic amines) is 2. The number of halogens is 1. The predicted octanol–water partition coefficient (Wildman–Crippen LogP) is 3.00. The van der Waals surface area contributed by atoms with Gasteiger partial charge in [-0.2, -0.15) is 0 Å². The molecule has 6 heteroatoms. The van der Waals surface area contributed by atoms with Gasteiger partial charge in [-0.25, -0.2) is 0 Å². The molecule has 1 unspecified atom stereocenters. The summed E-state index contributed by atoms with van der Waals surface area (Å²) in [5.41, 5.74) is 7.17. The lowest BCUT2D eigenvalue weighted by molar-refractivity contribution is -0.141. The SMILES string of the molecule is CC1CCN(C(=O)C2CCN(C(=O)CC(N)c3ccccc3)CC2)CC1.Cl. The highest BCUT2D eigenvalue weighted by atomic mass is 35.5. The highest BCUT2D eigenvalue weighted by Gasteiger charge is 2.31. The van der Waals surface area contributed by atoms with Crippen molar-refractivity contribution in [2.45, 2.75) is 45.1 Å². The molecule has 2 aliphatic rings. The number of nitrogens with zero attached hydrogens (tertiary/aromatic N) is 2. The molecule has 2 N–H and O–H groups in total. The molecule has 2 amide bonds. The zero-order valence-corrected chi connectivity index (χ0v) is 17.0. The van der Waals surface area contributed by atoms with Gasteiger partial charge in [-0.3, -0.25) is 9.59 Å². The Kier molecular flexibility index (Phi) is 8.11. The predicted molar refractivity (Wildman–Crippen MR) is 110 cm³/mol. The Morgan fingerprint density at radius 3 is 2.15 bits per heavy atom. The van der Waals surface area contributed by atoms with Gasteiger partial charge in [-0.05, 0) is 37.2 Å². The Labute approximate surface area is 168 Å². The van der Waals surface area contributed by atoms with Crippen molar-refractivity contribution >= 4 is 24.2 Å². The highest BCUT2D eigenvalue weighted by Crippen LogP contribution is 2.24. The maximum Gasteiger partial charge on any atom is 0.225 e. The molecule has 2 heterocycles. The Balaban J connectivity index is 0.00000261. The maximum atomic E-state index is 12.7. The average molecular weight is 394 g/mol. The molecule has 0 bridgehead atoms. The van der Waals surface area contributed by atoms with E-state index in [1.54, 1.807) is 0 Å². The second-order valence-corrected chi connectivity index (χ2v) is 7.88. The Hall–Kier alpha value is -1.59. The van der Waals surface area contributed by atoms with E-state index in [4.69, 9.17) is 5.73 Å². The fourth-order valence-electron chi connectivity index (χ4n) is 4.00. The van der Waals surface area contributed by atoms with Crippen molar-refractivity contribution in [3.8, 4) is 0 Å². The Bertz CT molecular complexity index is 609. The van der Waals surface area contributed by atoms with Crippen LogP contribution in [-0.2, 0) is 9.59 Å². The van der Waals surface area contributed by atoms with Crippen molar-refractivity contribution in [1.82, 2.24) is 9.80 Å². The van der Waals surface area contributed by atoms with E-state index in [2.05, 4.69) is 6.92 Å². The third-order valence-electron chi connectivity index (χ3n) is 5.91. The van der Waals surface area contributed by atoms with Gasteiger partial charge in [-0.1, -0.05) is 37.3 Å². The molecule has 1 atom stereocenters. The molecule has 0 aromatic heterocycles.